The molecule has 2 aromatic heterocycles. The topological polar surface area (TPSA) is 76.4 Å². The van der Waals surface area contributed by atoms with E-state index >= 15 is 0 Å². The Morgan fingerprint density at radius 1 is 1.32 bits per heavy atom. The summed E-state index contributed by atoms with van der Waals surface area (Å²) in [7, 11) is -3.61. The highest BCUT2D eigenvalue weighted by atomic mass is 79.9. The monoisotopic (exact) mass is 400 g/mol. The van der Waals surface area contributed by atoms with E-state index < -0.39 is 10.0 Å². The van der Waals surface area contributed by atoms with Crippen molar-refractivity contribution in [2.45, 2.75) is 25.3 Å². The van der Waals surface area contributed by atoms with E-state index in [-0.39, 0.29) is 11.4 Å². The summed E-state index contributed by atoms with van der Waals surface area (Å²) in [5, 5.41) is 5.24. The number of imidazole rings is 1. The summed E-state index contributed by atoms with van der Waals surface area (Å²) in [5.74, 6) is 0. The van der Waals surface area contributed by atoms with Crippen molar-refractivity contribution in [2.24, 2.45) is 0 Å². The van der Waals surface area contributed by atoms with E-state index in [0.29, 0.717) is 4.47 Å². The van der Waals surface area contributed by atoms with Gasteiger partial charge in [0.25, 0.3) is 0 Å². The molecule has 0 atom stereocenters. The van der Waals surface area contributed by atoms with Crippen LogP contribution in [0, 0.1) is 13.8 Å². The molecule has 1 N–H and O–H groups in total. The fourth-order valence-electron chi connectivity index (χ4n) is 2.09. The molecule has 0 unspecified atom stereocenters. The molecule has 0 bridgehead atoms. The fraction of sp³-hybridized carbons (Fsp3) is 0.231. The highest BCUT2D eigenvalue weighted by Crippen LogP contribution is 2.22. The van der Waals surface area contributed by atoms with Gasteiger partial charge in [0.2, 0.25) is 15.0 Å². The van der Waals surface area contributed by atoms with Crippen molar-refractivity contribution in [1.82, 2.24) is 19.3 Å². The standard InChI is InChI=1S/C13H13BrN4O2S2/c1-8-11(18-13(16-8)21-9(2)17-18)7-15-22(19,20)12-6-4-3-5-10(12)14/h3-6,15H,7H2,1-2H3. The van der Waals surface area contributed by atoms with Crippen LogP contribution in [0.5, 0.6) is 0 Å². The first-order valence-corrected chi connectivity index (χ1v) is 9.53. The summed E-state index contributed by atoms with van der Waals surface area (Å²) >= 11 is 4.74. The lowest BCUT2D eigenvalue weighted by molar-refractivity contribution is 0.579. The fourth-order valence-corrected chi connectivity index (χ4v) is 4.89. The molecule has 3 rings (SSSR count). The Bertz CT molecular complexity index is 946. The molecule has 2 heterocycles. The first kappa shape index (κ1) is 15.6. The Balaban J connectivity index is 1.90. The molecule has 0 saturated carbocycles. The van der Waals surface area contributed by atoms with Crippen molar-refractivity contribution in [2.75, 3.05) is 0 Å². The predicted molar refractivity (Wildman–Crippen MR) is 88.5 cm³/mol. The molecule has 6 nitrogen and oxygen atoms in total. The van der Waals surface area contributed by atoms with Gasteiger partial charge in [0.15, 0.2) is 0 Å². The third-order valence-electron chi connectivity index (χ3n) is 3.15. The lowest BCUT2D eigenvalue weighted by Crippen LogP contribution is -2.24. The molecular weight excluding hydrogens is 388 g/mol. The van der Waals surface area contributed by atoms with E-state index in [1.165, 1.54) is 11.3 Å². The van der Waals surface area contributed by atoms with Crippen LogP contribution in [0.15, 0.2) is 33.6 Å². The first-order chi connectivity index (χ1) is 10.4. The maximum absolute atomic E-state index is 12.4. The number of fused-ring (bicyclic) bond motifs is 1. The highest BCUT2D eigenvalue weighted by molar-refractivity contribution is 9.10. The van der Waals surface area contributed by atoms with Gasteiger partial charge in [-0.05, 0) is 41.9 Å². The van der Waals surface area contributed by atoms with Gasteiger partial charge in [0.1, 0.15) is 5.01 Å². The minimum atomic E-state index is -3.61. The molecule has 0 aliphatic carbocycles. The van der Waals surface area contributed by atoms with Gasteiger partial charge in [-0.3, -0.25) is 0 Å². The molecule has 0 aliphatic heterocycles. The summed E-state index contributed by atoms with van der Waals surface area (Å²) in [6.07, 6.45) is 0. The predicted octanol–water partition coefficient (Wildman–Crippen LogP) is 2.65. The molecule has 0 radical (unpaired) electrons. The molecule has 1 aromatic carbocycles. The summed E-state index contributed by atoms with van der Waals surface area (Å²) in [6, 6.07) is 6.70. The van der Waals surface area contributed by atoms with Crippen LogP contribution < -0.4 is 4.72 Å². The van der Waals surface area contributed by atoms with E-state index in [4.69, 9.17) is 0 Å². The molecule has 9 heteroatoms. The van der Waals surface area contributed by atoms with Crippen LogP contribution >= 0.6 is 27.3 Å². The second-order valence-corrected chi connectivity index (χ2v) is 8.46. The number of sulfonamides is 1. The number of benzene rings is 1. The van der Waals surface area contributed by atoms with Gasteiger partial charge >= 0.3 is 0 Å². The van der Waals surface area contributed by atoms with Crippen molar-refractivity contribution >= 4 is 42.3 Å². The van der Waals surface area contributed by atoms with E-state index in [0.717, 1.165) is 21.4 Å². The highest BCUT2D eigenvalue weighted by Gasteiger charge is 2.19. The molecule has 0 aliphatic rings. The van der Waals surface area contributed by atoms with E-state index in [2.05, 4.69) is 30.7 Å². The molecule has 0 spiro atoms. The van der Waals surface area contributed by atoms with Crippen molar-refractivity contribution in [3.63, 3.8) is 0 Å². The Morgan fingerprint density at radius 3 is 2.77 bits per heavy atom. The number of aryl methyl sites for hydroxylation is 2. The van der Waals surface area contributed by atoms with Gasteiger partial charge in [-0.15, -0.1) is 0 Å². The summed E-state index contributed by atoms with van der Waals surface area (Å²) < 4.78 is 29.7. The third-order valence-corrected chi connectivity index (χ3v) is 6.39. The molecular formula is C13H13BrN4O2S2. The average Bonchev–Trinajstić information content (AvgIpc) is 2.92. The maximum atomic E-state index is 12.4. The van der Waals surface area contributed by atoms with Crippen molar-refractivity contribution in [3.8, 4) is 0 Å². The largest absolute Gasteiger partial charge is 0.242 e. The number of aromatic nitrogens is 3. The molecule has 0 amide bonds. The first-order valence-electron chi connectivity index (χ1n) is 6.44. The number of hydrogen-bond acceptors (Lipinski definition) is 5. The van der Waals surface area contributed by atoms with E-state index in [1.54, 1.807) is 28.8 Å². The Labute approximate surface area is 140 Å². The van der Waals surface area contributed by atoms with Crippen molar-refractivity contribution in [1.29, 1.82) is 0 Å². The maximum Gasteiger partial charge on any atom is 0.242 e. The summed E-state index contributed by atoms with van der Waals surface area (Å²) in [4.78, 5) is 5.38. The third kappa shape index (κ3) is 2.81. The van der Waals surface area contributed by atoms with Gasteiger partial charge in [0.05, 0.1) is 22.8 Å². The van der Waals surface area contributed by atoms with Gasteiger partial charge < -0.3 is 0 Å². The Morgan fingerprint density at radius 2 is 2.05 bits per heavy atom. The zero-order valence-electron chi connectivity index (χ0n) is 11.9. The van der Waals surface area contributed by atoms with Gasteiger partial charge in [-0.25, -0.2) is 22.6 Å². The van der Waals surface area contributed by atoms with E-state index in [1.807, 2.05) is 13.8 Å². The number of nitrogens with one attached hydrogen (secondary N) is 1. The molecule has 0 fully saturated rings. The van der Waals surface area contributed by atoms with Gasteiger partial charge in [-0.1, -0.05) is 23.5 Å². The van der Waals surface area contributed by atoms with Crippen LogP contribution in [0.25, 0.3) is 4.96 Å². The average molecular weight is 401 g/mol. The Kier molecular flexibility index (Phi) is 4.06. The van der Waals surface area contributed by atoms with Gasteiger partial charge in [0, 0.05) is 4.47 Å². The Hall–Kier alpha value is -1.29. The van der Waals surface area contributed by atoms with E-state index in [9.17, 15) is 8.42 Å². The van der Waals surface area contributed by atoms with Crippen LogP contribution in [0.3, 0.4) is 0 Å². The van der Waals surface area contributed by atoms with Crippen LogP contribution in [0.4, 0.5) is 0 Å². The SMILES string of the molecule is Cc1nn2c(CNS(=O)(=O)c3ccccc3Br)c(C)nc2s1. The van der Waals surface area contributed by atoms with Crippen LogP contribution in [-0.4, -0.2) is 23.0 Å². The van der Waals surface area contributed by atoms with Crippen molar-refractivity contribution in [3.05, 3.63) is 45.1 Å². The number of halogens is 1. The zero-order valence-corrected chi connectivity index (χ0v) is 15.1. The normalized spacial score (nSPS) is 12.1. The molecule has 0 saturated heterocycles. The summed E-state index contributed by atoms with van der Waals surface area (Å²) in [5.41, 5.74) is 1.52. The van der Waals surface area contributed by atoms with Crippen LogP contribution in [0.2, 0.25) is 0 Å². The van der Waals surface area contributed by atoms with Crippen molar-refractivity contribution < 1.29 is 8.42 Å². The van der Waals surface area contributed by atoms with Crippen LogP contribution in [0.1, 0.15) is 16.4 Å². The van der Waals surface area contributed by atoms with Crippen LogP contribution in [-0.2, 0) is 16.6 Å². The lowest BCUT2D eigenvalue weighted by Gasteiger charge is -2.08. The second kappa shape index (κ2) is 5.73. The molecule has 3 aromatic rings. The zero-order chi connectivity index (χ0) is 15.9. The summed E-state index contributed by atoms with van der Waals surface area (Å²) in [6.45, 7) is 3.88. The quantitative estimate of drug-likeness (QED) is 0.729. The molecule has 22 heavy (non-hydrogen) atoms. The minimum Gasteiger partial charge on any atom is -0.223 e. The number of nitrogens with zero attached hydrogens (tertiary/aromatic N) is 3. The van der Waals surface area contributed by atoms with Gasteiger partial charge in [-0.2, -0.15) is 5.10 Å². The second-order valence-electron chi connectivity index (χ2n) is 4.71. The minimum absolute atomic E-state index is 0.139. The number of rotatable bonds is 4. The lowest BCUT2D eigenvalue weighted by atomic mass is 10.3. The number of hydrogen-bond donors (Lipinski definition) is 1. The smallest absolute Gasteiger partial charge is 0.223 e. The molecule has 116 valence electrons.